The molecule has 0 aromatic heterocycles. The third-order valence-corrected chi connectivity index (χ3v) is 11.3. The molecule has 2 aliphatic carbocycles. The van der Waals surface area contributed by atoms with E-state index in [4.69, 9.17) is 0 Å². The Bertz CT molecular complexity index is 207. The molecule has 0 aromatic rings. The van der Waals surface area contributed by atoms with Gasteiger partial charge in [0.1, 0.15) is 0 Å². The van der Waals surface area contributed by atoms with E-state index in [1.165, 1.54) is 25.7 Å². The van der Waals surface area contributed by atoms with E-state index in [9.17, 15) is 0 Å². The van der Waals surface area contributed by atoms with Crippen LogP contribution in [0.15, 0.2) is 0 Å². The van der Waals surface area contributed by atoms with E-state index in [0.717, 1.165) is 32.8 Å². The summed E-state index contributed by atoms with van der Waals surface area (Å²) in [6, 6.07) is 0. The Kier molecular flexibility index (Phi) is 2.32. The van der Waals surface area contributed by atoms with Crippen molar-refractivity contribution in [1.29, 1.82) is 0 Å². The first-order valence-corrected chi connectivity index (χ1v) is 10.1. The van der Waals surface area contributed by atoms with E-state index in [2.05, 4.69) is 43.2 Å². The summed E-state index contributed by atoms with van der Waals surface area (Å²) in [5.41, 5.74) is 0. The fourth-order valence-corrected chi connectivity index (χ4v) is 11.7. The van der Waals surface area contributed by atoms with Crippen molar-refractivity contribution in [3.63, 3.8) is 0 Å². The van der Waals surface area contributed by atoms with Gasteiger partial charge in [0.25, 0.3) is 0 Å². The van der Waals surface area contributed by atoms with Crippen LogP contribution in [-0.4, -0.2) is 21.0 Å². The molecule has 0 spiro atoms. The maximum atomic E-state index is 2.23. The number of hydrogen-bond donors (Lipinski definition) is 0. The SMILES string of the molecule is C1CC2SSC3CCC4SSC1C4C23. The van der Waals surface area contributed by atoms with E-state index in [1.54, 1.807) is 0 Å². The Labute approximate surface area is 101 Å². The summed E-state index contributed by atoms with van der Waals surface area (Å²) in [7, 11) is 8.93. The van der Waals surface area contributed by atoms with Crippen molar-refractivity contribution in [2.45, 2.75) is 46.7 Å². The van der Waals surface area contributed by atoms with Gasteiger partial charge in [-0.25, -0.2) is 0 Å². The summed E-state index contributed by atoms with van der Waals surface area (Å²) >= 11 is 0. The molecule has 4 atom stereocenters. The van der Waals surface area contributed by atoms with Crippen LogP contribution in [0.5, 0.6) is 0 Å². The summed E-state index contributed by atoms with van der Waals surface area (Å²) in [5.74, 6) is 2.20. The Morgan fingerprint density at radius 1 is 0.500 bits per heavy atom. The van der Waals surface area contributed by atoms with Crippen LogP contribution in [0, 0.1) is 11.8 Å². The summed E-state index contributed by atoms with van der Waals surface area (Å²) in [6.07, 6.45) is 6.06. The van der Waals surface area contributed by atoms with Crippen molar-refractivity contribution < 1.29 is 0 Å². The molecule has 0 amide bonds. The second kappa shape index (κ2) is 3.44. The highest BCUT2D eigenvalue weighted by Crippen LogP contribution is 2.67. The average Bonchev–Trinajstić information content (AvgIpc) is 2.77. The smallest absolute Gasteiger partial charge is 0.0194 e. The molecule has 4 fully saturated rings. The van der Waals surface area contributed by atoms with Gasteiger partial charge in [0.2, 0.25) is 0 Å². The van der Waals surface area contributed by atoms with Gasteiger partial charge in [-0.2, -0.15) is 0 Å². The Balaban J connectivity index is 1.73. The van der Waals surface area contributed by atoms with Gasteiger partial charge >= 0.3 is 0 Å². The van der Waals surface area contributed by atoms with Crippen molar-refractivity contribution in [1.82, 2.24) is 0 Å². The minimum Gasteiger partial charge on any atom is -0.0901 e. The standard InChI is InChI=1S/C10H14S4/c1-2-6-10-8(14-12-6)4-3-7-9(10)5(1)11-13-7/h5-10H,1-4H2. The lowest BCUT2D eigenvalue weighted by atomic mass is 9.69. The van der Waals surface area contributed by atoms with Gasteiger partial charge in [-0.15, -0.1) is 0 Å². The summed E-state index contributed by atoms with van der Waals surface area (Å²) in [5, 5.41) is 4.14. The molecule has 78 valence electrons. The van der Waals surface area contributed by atoms with Crippen molar-refractivity contribution >= 4 is 43.2 Å². The molecule has 0 aromatic carbocycles. The van der Waals surface area contributed by atoms with Crippen LogP contribution < -0.4 is 0 Å². The van der Waals surface area contributed by atoms with E-state index in [-0.39, 0.29) is 0 Å². The lowest BCUT2D eigenvalue weighted by Gasteiger charge is -2.42. The van der Waals surface area contributed by atoms with Gasteiger partial charge in [0.15, 0.2) is 0 Å². The van der Waals surface area contributed by atoms with E-state index < -0.39 is 0 Å². The van der Waals surface area contributed by atoms with Crippen molar-refractivity contribution in [3.05, 3.63) is 0 Å². The zero-order chi connectivity index (χ0) is 9.12. The summed E-state index contributed by atoms with van der Waals surface area (Å²) in [4.78, 5) is 0. The maximum absolute atomic E-state index is 2.23. The second-order valence-corrected chi connectivity index (χ2v) is 10.3. The minimum absolute atomic E-state index is 1.04. The number of hydrogen-bond acceptors (Lipinski definition) is 4. The summed E-state index contributed by atoms with van der Waals surface area (Å²) < 4.78 is 0. The third-order valence-electron chi connectivity index (χ3n) is 4.24. The lowest BCUT2D eigenvalue weighted by molar-refractivity contribution is 0.209. The van der Waals surface area contributed by atoms with Crippen molar-refractivity contribution in [3.8, 4) is 0 Å². The van der Waals surface area contributed by atoms with Crippen molar-refractivity contribution in [2.75, 3.05) is 0 Å². The molecule has 4 unspecified atom stereocenters. The molecule has 14 heavy (non-hydrogen) atoms. The monoisotopic (exact) mass is 262 g/mol. The Morgan fingerprint density at radius 2 is 0.786 bits per heavy atom. The molecular formula is C10H14S4. The first kappa shape index (κ1) is 9.43. The van der Waals surface area contributed by atoms with Gasteiger partial charge in [-0.3, -0.25) is 0 Å². The van der Waals surface area contributed by atoms with E-state index >= 15 is 0 Å². The predicted molar refractivity (Wildman–Crippen MR) is 71.0 cm³/mol. The zero-order valence-electron chi connectivity index (χ0n) is 7.93. The lowest BCUT2D eigenvalue weighted by Crippen LogP contribution is -2.45. The zero-order valence-corrected chi connectivity index (χ0v) is 11.2. The molecule has 2 saturated heterocycles. The molecule has 4 heteroatoms. The van der Waals surface area contributed by atoms with Crippen LogP contribution in [0.1, 0.15) is 25.7 Å². The van der Waals surface area contributed by atoms with Crippen molar-refractivity contribution in [2.24, 2.45) is 11.8 Å². The third kappa shape index (κ3) is 1.20. The predicted octanol–water partition coefficient (Wildman–Crippen LogP) is 4.07. The van der Waals surface area contributed by atoms with Gasteiger partial charge in [0.05, 0.1) is 0 Å². The van der Waals surface area contributed by atoms with Gasteiger partial charge in [-0.05, 0) is 37.5 Å². The van der Waals surface area contributed by atoms with Gasteiger partial charge < -0.3 is 0 Å². The van der Waals surface area contributed by atoms with Crippen LogP contribution >= 0.6 is 43.2 Å². The fraction of sp³-hybridized carbons (Fsp3) is 1.00. The molecule has 0 bridgehead atoms. The molecule has 4 aliphatic rings. The average molecular weight is 262 g/mol. The molecule has 4 rings (SSSR count). The molecule has 0 radical (unpaired) electrons. The molecule has 0 nitrogen and oxygen atoms in total. The van der Waals surface area contributed by atoms with Gasteiger partial charge in [-0.1, -0.05) is 43.2 Å². The molecular weight excluding hydrogens is 248 g/mol. The topological polar surface area (TPSA) is 0 Å². The maximum Gasteiger partial charge on any atom is 0.0194 e. The van der Waals surface area contributed by atoms with Crippen LogP contribution in [0.25, 0.3) is 0 Å². The molecule has 2 saturated carbocycles. The first-order valence-electron chi connectivity index (χ1n) is 5.58. The highest BCUT2D eigenvalue weighted by atomic mass is 33.1. The Hall–Kier alpha value is 1.40. The largest absolute Gasteiger partial charge is 0.0901 e. The normalized spacial score (nSPS) is 60.0. The Morgan fingerprint density at radius 3 is 1.07 bits per heavy atom. The second-order valence-electron chi connectivity index (χ2n) is 4.85. The first-order chi connectivity index (χ1) is 6.93. The molecule has 0 N–H and O–H groups in total. The quantitative estimate of drug-likeness (QED) is 0.603. The van der Waals surface area contributed by atoms with E-state index in [0.29, 0.717) is 0 Å². The highest BCUT2D eigenvalue weighted by Gasteiger charge is 2.56. The van der Waals surface area contributed by atoms with Crippen LogP contribution in [0.3, 0.4) is 0 Å². The van der Waals surface area contributed by atoms with E-state index in [1.807, 2.05) is 0 Å². The van der Waals surface area contributed by atoms with Crippen LogP contribution in [-0.2, 0) is 0 Å². The number of rotatable bonds is 0. The van der Waals surface area contributed by atoms with Crippen LogP contribution in [0.4, 0.5) is 0 Å². The fourth-order valence-electron chi connectivity index (χ4n) is 3.63. The summed E-state index contributed by atoms with van der Waals surface area (Å²) in [6.45, 7) is 0. The minimum atomic E-state index is 1.04. The molecule has 2 heterocycles. The molecule has 2 aliphatic heterocycles. The van der Waals surface area contributed by atoms with Crippen LogP contribution in [0.2, 0.25) is 0 Å². The van der Waals surface area contributed by atoms with Gasteiger partial charge in [0, 0.05) is 21.0 Å². The highest BCUT2D eigenvalue weighted by molar-refractivity contribution is 8.78.